The zero-order valence-corrected chi connectivity index (χ0v) is 11.3. The van der Waals surface area contributed by atoms with Gasteiger partial charge in [-0.05, 0) is 25.5 Å². The number of benzene rings is 1. The lowest BCUT2D eigenvalue weighted by atomic mass is 10.1. The molecule has 0 saturated carbocycles. The number of hydrogen-bond acceptors (Lipinski definition) is 2. The normalized spacial score (nSPS) is 11.6. The second-order valence-electron chi connectivity index (χ2n) is 4.45. The maximum absolute atomic E-state index is 12.1. The van der Waals surface area contributed by atoms with Gasteiger partial charge in [0.25, 0.3) is 0 Å². The summed E-state index contributed by atoms with van der Waals surface area (Å²) in [7, 11) is 0. The molecule has 1 aromatic rings. The minimum absolute atomic E-state index is 0.338. The molecule has 1 aromatic carbocycles. The van der Waals surface area contributed by atoms with E-state index < -0.39 is 12.6 Å². The molecule has 0 amide bonds. The van der Waals surface area contributed by atoms with Gasteiger partial charge in [0.1, 0.15) is 5.75 Å². The van der Waals surface area contributed by atoms with E-state index in [0.717, 1.165) is 24.1 Å². The minimum Gasteiger partial charge on any atom is -0.493 e. The van der Waals surface area contributed by atoms with Gasteiger partial charge in [0.15, 0.2) is 0 Å². The Morgan fingerprint density at radius 3 is 2.63 bits per heavy atom. The first kappa shape index (κ1) is 15.8. The third-order valence-corrected chi connectivity index (χ3v) is 2.67. The number of alkyl halides is 3. The Kier molecular flexibility index (Phi) is 6.15. The van der Waals surface area contributed by atoms with Crippen molar-refractivity contribution in [1.82, 2.24) is 5.32 Å². The fraction of sp³-hybridized carbons (Fsp3) is 0.571. The molecule has 1 N–H and O–H groups in total. The van der Waals surface area contributed by atoms with Crippen molar-refractivity contribution in [3.8, 4) is 5.75 Å². The Labute approximate surface area is 112 Å². The van der Waals surface area contributed by atoms with Crippen LogP contribution < -0.4 is 10.1 Å². The van der Waals surface area contributed by atoms with Crippen LogP contribution in [0.4, 0.5) is 13.2 Å². The molecule has 0 aliphatic rings. The van der Waals surface area contributed by atoms with E-state index in [-0.39, 0.29) is 6.61 Å². The molecule has 0 aliphatic carbocycles. The number of aryl methyl sites for hydroxylation is 1. The summed E-state index contributed by atoms with van der Waals surface area (Å²) in [4.78, 5) is 0. The Morgan fingerprint density at radius 2 is 2.00 bits per heavy atom. The smallest absolute Gasteiger partial charge is 0.392 e. The molecular formula is C14H20F3NO. The van der Waals surface area contributed by atoms with Crippen LogP contribution in [0.3, 0.4) is 0 Å². The van der Waals surface area contributed by atoms with E-state index in [2.05, 4.69) is 12.2 Å². The van der Waals surface area contributed by atoms with Gasteiger partial charge in [-0.2, -0.15) is 13.2 Å². The van der Waals surface area contributed by atoms with E-state index in [1.54, 1.807) is 0 Å². The maximum Gasteiger partial charge on any atom is 0.392 e. The first-order chi connectivity index (χ1) is 8.94. The standard InChI is InChI=1S/C14H20F3NO/c1-3-8-18-10-12-6-4-5-11(2)13(12)19-9-7-14(15,16)17/h4-6,18H,3,7-10H2,1-2H3. The van der Waals surface area contributed by atoms with Crippen LogP contribution in [-0.4, -0.2) is 19.3 Å². The van der Waals surface area contributed by atoms with Gasteiger partial charge in [-0.1, -0.05) is 25.1 Å². The molecule has 2 nitrogen and oxygen atoms in total. The molecule has 0 aliphatic heterocycles. The summed E-state index contributed by atoms with van der Waals surface area (Å²) < 4.78 is 41.7. The predicted molar refractivity (Wildman–Crippen MR) is 69.3 cm³/mol. The van der Waals surface area contributed by atoms with Crippen LogP contribution in [0.25, 0.3) is 0 Å². The Bertz CT molecular complexity index is 391. The van der Waals surface area contributed by atoms with E-state index in [1.807, 2.05) is 25.1 Å². The van der Waals surface area contributed by atoms with Gasteiger partial charge in [-0.3, -0.25) is 0 Å². The minimum atomic E-state index is -4.18. The monoisotopic (exact) mass is 275 g/mol. The number of nitrogens with one attached hydrogen (secondary N) is 1. The second kappa shape index (κ2) is 7.38. The molecule has 0 bridgehead atoms. The van der Waals surface area contributed by atoms with Crippen LogP contribution >= 0.6 is 0 Å². The third kappa shape index (κ3) is 5.96. The lowest BCUT2D eigenvalue weighted by Crippen LogP contribution is -2.17. The summed E-state index contributed by atoms with van der Waals surface area (Å²) in [5.74, 6) is 0.565. The molecule has 0 saturated heterocycles. The van der Waals surface area contributed by atoms with Crippen molar-refractivity contribution in [3.63, 3.8) is 0 Å². The summed E-state index contributed by atoms with van der Waals surface area (Å²) in [6, 6.07) is 5.60. The Morgan fingerprint density at radius 1 is 1.26 bits per heavy atom. The summed E-state index contributed by atoms with van der Waals surface area (Å²) >= 11 is 0. The molecule has 5 heteroatoms. The second-order valence-corrected chi connectivity index (χ2v) is 4.45. The van der Waals surface area contributed by atoms with E-state index in [9.17, 15) is 13.2 Å². The third-order valence-electron chi connectivity index (χ3n) is 2.67. The first-order valence-electron chi connectivity index (χ1n) is 6.43. The Balaban J connectivity index is 2.63. The highest BCUT2D eigenvalue weighted by molar-refractivity contribution is 5.40. The van der Waals surface area contributed by atoms with Crippen molar-refractivity contribution < 1.29 is 17.9 Å². The van der Waals surface area contributed by atoms with Crippen molar-refractivity contribution in [2.75, 3.05) is 13.2 Å². The average molecular weight is 275 g/mol. The van der Waals surface area contributed by atoms with Crippen molar-refractivity contribution in [2.45, 2.75) is 39.4 Å². The molecular weight excluding hydrogens is 255 g/mol. The quantitative estimate of drug-likeness (QED) is 0.764. The van der Waals surface area contributed by atoms with Crippen molar-refractivity contribution in [2.24, 2.45) is 0 Å². The van der Waals surface area contributed by atoms with Crippen molar-refractivity contribution in [1.29, 1.82) is 0 Å². The van der Waals surface area contributed by atoms with Gasteiger partial charge in [0.05, 0.1) is 13.0 Å². The number of ether oxygens (including phenoxy) is 1. The lowest BCUT2D eigenvalue weighted by molar-refractivity contribution is -0.139. The number of hydrogen-bond donors (Lipinski definition) is 1. The molecule has 0 spiro atoms. The average Bonchev–Trinajstić information content (AvgIpc) is 2.31. The molecule has 0 unspecified atom stereocenters. The molecule has 0 atom stereocenters. The van der Waals surface area contributed by atoms with Crippen LogP contribution in [-0.2, 0) is 6.54 Å². The largest absolute Gasteiger partial charge is 0.493 e. The first-order valence-corrected chi connectivity index (χ1v) is 6.43. The zero-order chi connectivity index (χ0) is 14.3. The highest BCUT2D eigenvalue weighted by Gasteiger charge is 2.27. The maximum atomic E-state index is 12.1. The van der Waals surface area contributed by atoms with Crippen molar-refractivity contribution in [3.05, 3.63) is 29.3 Å². The molecule has 0 fully saturated rings. The lowest BCUT2D eigenvalue weighted by Gasteiger charge is -2.15. The summed E-state index contributed by atoms with van der Waals surface area (Å²) in [5.41, 5.74) is 1.76. The highest BCUT2D eigenvalue weighted by atomic mass is 19.4. The van der Waals surface area contributed by atoms with Crippen LogP contribution in [0.5, 0.6) is 5.75 Å². The molecule has 1 rings (SSSR count). The Hall–Kier alpha value is -1.23. The number of para-hydroxylation sites is 1. The van der Waals surface area contributed by atoms with E-state index in [1.165, 1.54) is 0 Å². The van der Waals surface area contributed by atoms with Gasteiger partial charge in [0.2, 0.25) is 0 Å². The number of halogens is 3. The SMILES string of the molecule is CCCNCc1cccc(C)c1OCCC(F)(F)F. The predicted octanol–water partition coefficient (Wildman–Crippen LogP) is 3.83. The van der Waals surface area contributed by atoms with Crippen LogP contribution in [0, 0.1) is 6.92 Å². The highest BCUT2D eigenvalue weighted by Crippen LogP contribution is 2.25. The molecule has 0 radical (unpaired) electrons. The van der Waals surface area contributed by atoms with Crippen LogP contribution in [0.1, 0.15) is 30.9 Å². The van der Waals surface area contributed by atoms with E-state index in [4.69, 9.17) is 4.74 Å². The van der Waals surface area contributed by atoms with Gasteiger partial charge < -0.3 is 10.1 Å². The van der Waals surface area contributed by atoms with Crippen LogP contribution in [0.2, 0.25) is 0 Å². The molecule has 0 aromatic heterocycles. The summed E-state index contributed by atoms with van der Waals surface area (Å²) in [6.45, 7) is 5.04. The zero-order valence-electron chi connectivity index (χ0n) is 11.3. The van der Waals surface area contributed by atoms with Crippen LogP contribution in [0.15, 0.2) is 18.2 Å². The number of rotatable bonds is 7. The summed E-state index contributed by atoms with van der Waals surface area (Å²) in [5, 5.41) is 3.22. The van der Waals surface area contributed by atoms with Gasteiger partial charge >= 0.3 is 6.18 Å². The molecule has 0 heterocycles. The van der Waals surface area contributed by atoms with Gasteiger partial charge in [0, 0.05) is 12.1 Å². The molecule has 108 valence electrons. The van der Waals surface area contributed by atoms with Gasteiger partial charge in [-0.15, -0.1) is 0 Å². The molecule has 19 heavy (non-hydrogen) atoms. The summed E-state index contributed by atoms with van der Waals surface area (Å²) in [6.07, 6.45) is -4.09. The fourth-order valence-electron chi connectivity index (χ4n) is 1.73. The fourth-order valence-corrected chi connectivity index (χ4v) is 1.73. The van der Waals surface area contributed by atoms with E-state index >= 15 is 0 Å². The van der Waals surface area contributed by atoms with E-state index in [0.29, 0.717) is 12.3 Å². The topological polar surface area (TPSA) is 21.3 Å². The van der Waals surface area contributed by atoms with Crippen molar-refractivity contribution >= 4 is 0 Å². The van der Waals surface area contributed by atoms with Gasteiger partial charge in [-0.25, -0.2) is 0 Å².